The lowest BCUT2D eigenvalue weighted by Gasteiger charge is -2.27. The van der Waals surface area contributed by atoms with Gasteiger partial charge in [-0.2, -0.15) is 0 Å². The van der Waals surface area contributed by atoms with Crippen LogP contribution in [-0.2, 0) is 0 Å². The van der Waals surface area contributed by atoms with Crippen molar-refractivity contribution in [1.82, 2.24) is 4.57 Å². The van der Waals surface area contributed by atoms with Crippen LogP contribution in [0.5, 0.6) is 0 Å². The first-order chi connectivity index (χ1) is 32.8. The van der Waals surface area contributed by atoms with Gasteiger partial charge in [-0.1, -0.05) is 164 Å². The molecule has 0 aliphatic carbocycles. The molecular weight excluding hydrogens is 741 g/mol. The molecule has 0 aliphatic rings. The number of rotatable bonds is 7. The maximum absolute atomic E-state index is 9.74. The van der Waals surface area contributed by atoms with Crippen LogP contribution in [-0.4, -0.2) is 4.57 Å². The highest BCUT2D eigenvalue weighted by molar-refractivity contribution is 6.27. The third kappa shape index (κ3) is 5.74. The molecule has 0 atom stereocenters. The van der Waals surface area contributed by atoms with Gasteiger partial charge in [0, 0.05) is 38.8 Å². The van der Waals surface area contributed by atoms with E-state index in [0.29, 0.717) is 49.8 Å². The normalized spacial score (nSPS) is 13.0. The fraction of sp³-hybridized carbons (Fsp3) is 0. The average Bonchev–Trinajstić information content (AvgIpc) is 3.94. The number of para-hydroxylation sites is 2. The summed E-state index contributed by atoms with van der Waals surface area (Å²) in [5.74, 6) is 0. The lowest BCUT2D eigenvalue weighted by molar-refractivity contribution is 0.670. The molecule has 0 spiro atoms. The summed E-state index contributed by atoms with van der Waals surface area (Å²) in [6, 6.07) is 63.6. The summed E-state index contributed by atoms with van der Waals surface area (Å²) >= 11 is 0. The molecule has 61 heavy (non-hydrogen) atoms. The molecule has 3 heteroatoms. The molecular formula is C58H38N2O. The van der Waals surface area contributed by atoms with Gasteiger partial charge < -0.3 is 13.9 Å². The molecule has 0 amide bonds. The fourth-order valence-electron chi connectivity index (χ4n) is 9.00. The zero-order chi connectivity index (χ0) is 45.5. The second kappa shape index (κ2) is 14.3. The van der Waals surface area contributed by atoms with E-state index in [2.05, 4.69) is 95.9 Å². The van der Waals surface area contributed by atoms with Crippen molar-refractivity contribution in [2.45, 2.75) is 0 Å². The van der Waals surface area contributed by atoms with Gasteiger partial charge in [-0.25, -0.2) is 0 Å². The SMILES string of the molecule is [2H]c1cc2c3c(-c4ccc(N(c5ccc(-c6ccccc6)cc5)c5cccc(-c6ccccc6)c5)c5c4oc4ccc6ccccc6c45)c([2H])c([2H])c([2H])c3n(-c3ccccc3)c2c([2H])c1[2H]. The minimum Gasteiger partial charge on any atom is -0.455 e. The van der Waals surface area contributed by atoms with Crippen molar-refractivity contribution in [3.8, 4) is 39.1 Å². The van der Waals surface area contributed by atoms with Crippen LogP contribution in [0.2, 0.25) is 0 Å². The van der Waals surface area contributed by atoms with E-state index in [1.165, 1.54) is 0 Å². The van der Waals surface area contributed by atoms with E-state index in [0.717, 1.165) is 60.9 Å². The minimum absolute atomic E-state index is 0.147. The summed E-state index contributed by atoms with van der Waals surface area (Å²) in [6.07, 6.45) is 0. The van der Waals surface area contributed by atoms with Gasteiger partial charge in [0.1, 0.15) is 11.2 Å². The number of aromatic nitrogens is 1. The highest BCUT2D eigenvalue weighted by Gasteiger charge is 2.25. The van der Waals surface area contributed by atoms with Gasteiger partial charge in [-0.3, -0.25) is 0 Å². The van der Waals surface area contributed by atoms with Crippen LogP contribution >= 0.6 is 0 Å². The summed E-state index contributed by atoms with van der Waals surface area (Å²) in [7, 11) is 0. The molecule has 10 aromatic carbocycles. The third-order valence-electron chi connectivity index (χ3n) is 11.8. The van der Waals surface area contributed by atoms with Crippen molar-refractivity contribution in [3.63, 3.8) is 0 Å². The van der Waals surface area contributed by atoms with Gasteiger partial charge in [0.2, 0.25) is 0 Å². The van der Waals surface area contributed by atoms with Crippen molar-refractivity contribution >= 4 is 71.6 Å². The van der Waals surface area contributed by atoms with Crippen molar-refractivity contribution in [3.05, 3.63) is 230 Å². The van der Waals surface area contributed by atoms with E-state index in [1.807, 2.05) is 97.1 Å². The summed E-state index contributed by atoms with van der Waals surface area (Å²) in [6.45, 7) is 0. The van der Waals surface area contributed by atoms with Crippen LogP contribution in [0.4, 0.5) is 17.1 Å². The first-order valence-electron chi connectivity index (χ1n) is 23.4. The van der Waals surface area contributed by atoms with E-state index in [1.54, 1.807) is 10.6 Å². The molecule has 286 valence electrons. The zero-order valence-electron chi connectivity index (χ0n) is 38.8. The Balaban J connectivity index is 1.21. The van der Waals surface area contributed by atoms with Crippen molar-refractivity contribution in [2.75, 3.05) is 4.90 Å². The fourth-order valence-corrected chi connectivity index (χ4v) is 9.00. The maximum Gasteiger partial charge on any atom is 0.145 e. The van der Waals surface area contributed by atoms with Crippen LogP contribution in [0.15, 0.2) is 235 Å². The van der Waals surface area contributed by atoms with Crippen LogP contribution < -0.4 is 4.90 Å². The summed E-state index contributed by atoms with van der Waals surface area (Å²) in [5, 5.41) is 4.56. The van der Waals surface area contributed by atoms with Crippen molar-refractivity contribution in [1.29, 1.82) is 0 Å². The number of nitrogens with zero attached hydrogens (tertiary/aromatic N) is 2. The minimum atomic E-state index is -0.289. The molecule has 0 saturated carbocycles. The molecule has 12 rings (SSSR count). The zero-order valence-corrected chi connectivity index (χ0v) is 32.8. The van der Waals surface area contributed by atoms with Crippen molar-refractivity contribution in [2.24, 2.45) is 0 Å². The van der Waals surface area contributed by atoms with Crippen LogP contribution in [0.1, 0.15) is 8.22 Å². The van der Waals surface area contributed by atoms with E-state index < -0.39 is 0 Å². The number of hydrogen-bond acceptors (Lipinski definition) is 2. The Morgan fingerprint density at radius 3 is 1.92 bits per heavy atom. The predicted molar refractivity (Wildman–Crippen MR) is 257 cm³/mol. The predicted octanol–water partition coefficient (Wildman–Crippen LogP) is 16.3. The molecule has 3 nitrogen and oxygen atoms in total. The Morgan fingerprint density at radius 1 is 0.426 bits per heavy atom. The largest absolute Gasteiger partial charge is 0.455 e. The van der Waals surface area contributed by atoms with Gasteiger partial charge in [0.25, 0.3) is 0 Å². The van der Waals surface area contributed by atoms with E-state index in [-0.39, 0.29) is 36.3 Å². The molecule has 0 N–H and O–H groups in total. The third-order valence-corrected chi connectivity index (χ3v) is 11.8. The number of furan rings is 1. The number of fused-ring (bicyclic) bond motifs is 8. The first-order valence-corrected chi connectivity index (χ1v) is 20.4. The number of benzene rings is 10. The highest BCUT2D eigenvalue weighted by Crippen LogP contribution is 2.50. The highest BCUT2D eigenvalue weighted by atomic mass is 16.3. The first kappa shape index (κ1) is 29.1. The number of hydrogen-bond donors (Lipinski definition) is 0. The molecule has 0 radical (unpaired) electrons. The van der Waals surface area contributed by atoms with Gasteiger partial charge in [-0.15, -0.1) is 0 Å². The Morgan fingerprint density at radius 2 is 1.11 bits per heavy atom. The quantitative estimate of drug-likeness (QED) is 0.161. The topological polar surface area (TPSA) is 21.3 Å². The van der Waals surface area contributed by atoms with Crippen LogP contribution in [0.25, 0.3) is 93.6 Å². The van der Waals surface area contributed by atoms with Crippen LogP contribution in [0, 0.1) is 0 Å². The Labute approximate surface area is 362 Å². The molecule has 0 fully saturated rings. The maximum atomic E-state index is 9.74. The molecule has 0 aliphatic heterocycles. The van der Waals surface area contributed by atoms with E-state index >= 15 is 0 Å². The molecule has 0 bridgehead atoms. The van der Waals surface area contributed by atoms with E-state index in [4.69, 9.17) is 7.16 Å². The Hall–Kier alpha value is -8.14. The Kier molecular flexibility index (Phi) is 6.83. The molecule has 0 saturated heterocycles. The second-order valence-electron chi connectivity index (χ2n) is 15.2. The summed E-state index contributed by atoms with van der Waals surface area (Å²) in [5.41, 5.74) is 10.2. The molecule has 2 aromatic heterocycles. The molecule has 2 heterocycles. The van der Waals surface area contributed by atoms with Crippen LogP contribution in [0.3, 0.4) is 0 Å². The monoisotopic (exact) mass is 784 g/mol. The number of anilines is 3. The molecule has 12 aromatic rings. The van der Waals surface area contributed by atoms with Crippen molar-refractivity contribution < 1.29 is 12.6 Å². The van der Waals surface area contributed by atoms with Gasteiger partial charge >= 0.3 is 0 Å². The summed E-state index contributed by atoms with van der Waals surface area (Å²) in [4.78, 5) is 2.25. The lowest BCUT2D eigenvalue weighted by Crippen LogP contribution is -2.10. The Bertz CT molecular complexity index is 3920. The van der Waals surface area contributed by atoms with E-state index in [9.17, 15) is 5.48 Å². The smallest absolute Gasteiger partial charge is 0.145 e. The van der Waals surface area contributed by atoms with Gasteiger partial charge in [0.05, 0.1) is 30.3 Å². The average molecular weight is 785 g/mol. The standard InChI is InChI=1S/C58H38N2O/c1-4-16-39(17-5-1)41-30-33-45(34-31-41)59(46-24-14-21-43(38-46)40-18-6-2-7-19-40)53-36-35-49(58-57(53)56-47-25-11-10-20-42(47)32-37-54(56)61-58)48-27-15-29-52-55(48)50-26-12-13-28-51(50)60(52)44-22-8-3-9-23-44/h1-38H/i12D,13D,15D,27D,28D,29D. The summed E-state index contributed by atoms with van der Waals surface area (Å²) < 4.78 is 64.2. The van der Waals surface area contributed by atoms with Gasteiger partial charge in [-0.05, 0) is 105 Å². The lowest BCUT2D eigenvalue weighted by atomic mass is 9.95. The second-order valence-corrected chi connectivity index (χ2v) is 15.2. The van der Waals surface area contributed by atoms with Gasteiger partial charge in [0.15, 0.2) is 0 Å². The molecule has 0 unspecified atom stereocenters.